The van der Waals surface area contributed by atoms with Gasteiger partial charge in [0.2, 0.25) is 0 Å². The quantitative estimate of drug-likeness (QED) is 0.458. The minimum absolute atomic E-state index is 0.170. The van der Waals surface area contributed by atoms with E-state index in [0.717, 1.165) is 10.9 Å². The molecule has 2 aromatic rings. The second-order valence-corrected chi connectivity index (χ2v) is 3.60. The van der Waals surface area contributed by atoms with Gasteiger partial charge in [-0.15, -0.1) is 0 Å². The Labute approximate surface area is 91.6 Å². The zero-order chi connectivity index (χ0) is 10.8. The number of nitrogens with one attached hydrogen (secondary N) is 1. The van der Waals surface area contributed by atoms with E-state index < -0.39 is 0 Å². The molecule has 78 valence electrons. The molecule has 0 aliphatic heterocycles. The Morgan fingerprint density at radius 2 is 2.20 bits per heavy atom. The van der Waals surface area contributed by atoms with Gasteiger partial charge < -0.3 is 4.57 Å². The third kappa shape index (κ3) is 1.82. The number of para-hydroxylation sites is 1. The van der Waals surface area contributed by atoms with Gasteiger partial charge in [-0.3, -0.25) is 10.2 Å². The first-order valence-corrected chi connectivity index (χ1v) is 4.83. The molecule has 0 radical (unpaired) electrons. The number of amides is 1. The van der Waals surface area contributed by atoms with E-state index in [-0.39, 0.29) is 12.5 Å². The van der Waals surface area contributed by atoms with Crippen LogP contribution in [-0.2, 0) is 11.3 Å². The molecule has 0 unspecified atom stereocenters. The first-order chi connectivity index (χ1) is 7.22. The molecule has 0 aliphatic carbocycles. The molecule has 2 rings (SSSR count). The zero-order valence-electron chi connectivity index (χ0n) is 7.90. The average molecular weight is 224 g/mol. The lowest BCUT2D eigenvalue weighted by molar-refractivity contribution is -0.121. The number of carbonyl (C=O) groups is 1. The molecule has 1 heterocycles. The van der Waals surface area contributed by atoms with E-state index in [0.29, 0.717) is 5.02 Å². The third-order valence-corrected chi connectivity index (χ3v) is 2.52. The second-order valence-electron chi connectivity index (χ2n) is 3.19. The first-order valence-electron chi connectivity index (χ1n) is 4.45. The number of hydrogen-bond acceptors (Lipinski definition) is 2. The Kier molecular flexibility index (Phi) is 2.62. The number of hydrogen-bond donors (Lipinski definition) is 2. The minimum Gasteiger partial charge on any atom is -0.336 e. The SMILES string of the molecule is NNC(=O)Cn1cc(Cl)c2ccccc21. The molecule has 0 atom stereocenters. The van der Waals surface area contributed by atoms with E-state index in [1.165, 1.54) is 0 Å². The van der Waals surface area contributed by atoms with Crippen molar-refractivity contribution in [2.24, 2.45) is 5.84 Å². The molecule has 1 amide bonds. The topological polar surface area (TPSA) is 60.0 Å². The van der Waals surface area contributed by atoms with Crippen LogP contribution in [0.2, 0.25) is 5.02 Å². The van der Waals surface area contributed by atoms with Crippen LogP contribution in [0.5, 0.6) is 0 Å². The lowest BCUT2D eigenvalue weighted by atomic mass is 10.2. The predicted molar refractivity (Wildman–Crippen MR) is 59.3 cm³/mol. The highest BCUT2D eigenvalue weighted by molar-refractivity contribution is 6.35. The van der Waals surface area contributed by atoms with E-state index >= 15 is 0 Å². The summed E-state index contributed by atoms with van der Waals surface area (Å²) in [5, 5.41) is 1.57. The Hall–Kier alpha value is -1.52. The van der Waals surface area contributed by atoms with Crippen molar-refractivity contribution in [1.29, 1.82) is 0 Å². The largest absolute Gasteiger partial charge is 0.336 e. The van der Waals surface area contributed by atoms with Crippen molar-refractivity contribution in [2.75, 3.05) is 0 Å². The van der Waals surface area contributed by atoms with Crippen LogP contribution < -0.4 is 11.3 Å². The van der Waals surface area contributed by atoms with Gasteiger partial charge in [0, 0.05) is 11.6 Å². The van der Waals surface area contributed by atoms with E-state index in [4.69, 9.17) is 17.4 Å². The highest BCUT2D eigenvalue weighted by atomic mass is 35.5. The van der Waals surface area contributed by atoms with Crippen molar-refractivity contribution in [2.45, 2.75) is 6.54 Å². The number of halogens is 1. The fourth-order valence-electron chi connectivity index (χ4n) is 1.53. The monoisotopic (exact) mass is 223 g/mol. The molecule has 0 aliphatic rings. The van der Waals surface area contributed by atoms with Gasteiger partial charge in [-0.1, -0.05) is 29.8 Å². The fourth-order valence-corrected chi connectivity index (χ4v) is 1.81. The number of nitrogens with two attached hydrogens (primary N) is 1. The number of rotatable bonds is 2. The molecule has 0 saturated carbocycles. The predicted octanol–water partition coefficient (Wildman–Crippen LogP) is 1.28. The summed E-state index contributed by atoms with van der Waals surface area (Å²) in [6.07, 6.45) is 1.72. The maximum Gasteiger partial charge on any atom is 0.253 e. The molecule has 1 aromatic carbocycles. The number of benzene rings is 1. The van der Waals surface area contributed by atoms with E-state index in [2.05, 4.69) is 5.43 Å². The van der Waals surface area contributed by atoms with Crippen molar-refractivity contribution in [3.05, 3.63) is 35.5 Å². The molecule has 4 nitrogen and oxygen atoms in total. The first kappa shape index (κ1) is 10.0. The molecule has 0 spiro atoms. The lowest BCUT2D eigenvalue weighted by Crippen LogP contribution is -2.33. The van der Waals surface area contributed by atoms with E-state index in [1.807, 2.05) is 24.3 Å². The average Bonchev–Trinajstić information content (AvgIpc) is 2.57. The van der Waals surface area contributed by atoms with E-state index in [1.54, 1.807) is 10.8 Å². The molecule has 1 aromatic heterocycles. The minimum atomic E-state index is -0.257. The molecule has 0 bridgehead atoms. The molecule has 0 saturated heterocycles. The zero-order valence-corrected chi connectivity index (χ0v) is 8.66. The van der Waals surface area contributed by atoms with E-state index in [9.17, 15) is 4.79 Å². The molecule has 0 fully saturated rings. The summed E-state index contributed by atoms with van der Waals surface area (Å²) in [4.78, 5) is 11.1. The number of hydrazine groups is 1. The summed E-state index contributed by atoms with van der Waals surface area (Å²) < 4.78 is 1.76. The fraction of sp³-hybridized carbons (Fsp3) is 0.100. The summed E-state index contributed by atoms with van der Waals surface area (Å²) in [5.41, 5.74) is 3.01. The molecule has 3 N–H and O–H groups in total. The molecule has 15 heavy (non-hydrogen) atoms. The maximum atomic E-state index is 11.1. The molecular formula is C10H10ClN3O. The third-order valence-electron chi connectivity index (χ3n) is 2.21. The normalized spacial score (nSPS) is 10.5. The number of nitrogens with zero attached hydrogens (tertiary/aromatic N) is 1. The van der Waals surface area contributed by atoms with Crippen LogP contribution in [-0.4, -0.2) is 10.5 Å². The standard InChI is InChI=1S/C10H10ClN3O/c11-8-5-14(6-10(15)13-12)9-4-2-1-3-7(8)9/h1-5H,6,12H2,(H,13,15). The number of carbonyl (C=O) groups excluding carboxylic acids is 1. The van der Waals surface area contributed by atoms with Gasteiger partial charge in [0.1, 0.15) is 6.54 Å². The summed E-state index contributed by atoms with van der Waals surface area (Å²) >= 11 is 6.02. The van der Waals surface area contributed by atoms with Gasteiger partial charge in [0.25, 0.3) is 5.91 Å². The summed E-state index contributed by atoms with van der Waals surface area (Å²) in [7, 11) is 0. The van der Waals surface area contributed by atoms with Crippen molar-refractivity contribution >= 4 is 28.4 Å². The summed E-state index contributed by atoms with van der Waals surface area (Å²) in [6, 6.07) is 7.62. The van der Waals surface area contributed by atoms with Crippen molar-refractivity contribution in [3.63, 3.8) is 0 Å². The second kappa shape index (κ2) is 3.92. The van der Waals surface area contributed by atoms with Crippen LogP contribution in [0.15, 0.2) is 30.5 Å². The van der Waals surface area contributed by atoms with Crippen molar-refractivity contribution in [1.82, 2.24) is 9.99 Å². The summed E-state index contributed by atoms with van der Waals surface area (Å²) in [5.74, 6) is 4.77. The van der Waals surface area contributed by atoms with Crippen LogP contribution in [0.3, 0.4) is 0 Å². The molecular weight excluding hydrogens is 214 g/mol. The van der Waals surface area contributed by atoms with Gasteiger partial charge in [0.15, 0.2) is 0 Å². The maximum absolute atomic E-state index is 11.1. The Morgan fingerprint density at radius 3 is 2.93 bits per heavy atom. The van der Waals surface area contributed by atoms with Crippen LogP contribution in [0.25, 0.3) is 10.9 Å². The molecule has 5 heteroatoms. The van der Waals surface area contributed by atoms with Crippen molar-refractivity contribution in [3.8, 4) is 0 Å². The van der Waals surface area contributed by atoms with Gasteiger partial charge in [-0.25, -0.2) is 5.84 Å². The summed E-state index contributed by atoms with van der Waals surface area (Å²) in [6.45, 7) is 0.170. The smallest absolute Gasteiger partial charge is 0.253 e. The Bertz CT molecular complexity index is 506. The van der Waals surface area contributed by atoms with Crippen LogP contribution in [0.4, 0.5) is 0 Å². The van der Waals surface area contributed by atoms with Crippen LogP contribution >= 0.6 is 11.6 Å². The van der Waals surface area contributed by atoms with Crippen LogP contribution in [0.1, 0.15) is 0 Å². The number of fused-ring (bicyclic) bond motifs is 1. The Balaban J connectivity index is 2.48. The highest BCUT2D eigenvalue weighted by Crippen LogP contribution is 2.25. The lowest BCUT2D eigenvalue weighted by Gasteiger charge is -2.02. The Morgan fingerprint density at radius 1 is 1.47 bits per heavy atom. The van der Waals surface area contributed by atoms with Gasteiger partial charge in [-0.2, -0.15) is 0 Å². The van der Waals surface area contributed by atoms with Gasteiger partial charge in [0.05, 0.1) is 10.5 Å². The van der Waals surface area contributed by atoms with Gasteiger partial charge >= 0.3 is 0 Å². The van der Waals surface area contributed by atoms with Crippen LogP contribution in [0, 0.1) is 0 Å². The van der Waals surface area contributed by atoms with Gasteiger partial charge in [-0.05, 0) is 6.07 Å². The highest BCUT2D eigenvalue weighted by Gasteiger charge is 2.08. The number of aromatic nitrogens is 1. The van der Waals surface area contributed by atoms with Crippen molar-refractivity contribution < 1.29 is 4.79 Å².